The number of aromatic nitrogens is 3. The number of benzene rings is 3. The van der Waals surface area contributed by atoms with Crippen LogP contribution >= 0.6 is 0 Å². The molecule has 0 saturated heterocycles. The number of ether oxygens (including phenoxy) is 1. The second-order valence-electron chi connectivity index (χ2n) is 16.2. The van der Waals surface area contributed by atoms with Gasteiger partial charge in [-0.05, 0) is 137 Å². The van der Waals surface area contributed by atoms with E-state index in [1.54, 1.807) is 25.3 Å². The van der Waals surface area contributed by atoms with Gasteiger partial charge in [0.1, 0.15) is 0 Å². The van der Waals surface area contributed by atoms with E-state index < -0.39 is 0 Å². The first kappa shape index (κ1) is 39.8. The first-order valence-electron chi connectivity index (χ1n) is 20.6. The van der Waals surface area contributed by atoms with Crippen LogP contribution in [0.1, 0.15) is 149 Å². The zero-order chi connectivity index (χ0) is 40.1. The lowest BCUT2D eigenvalue weighted by molar-refractivity contribution is 0.0655. The Kier molecular flexibility index (Phi) is 12.5. The Morgan fingerprint density at radius 1 is 0.509 bits per heavy atom. The standard InChI is InChI=1S/C16H20N2O2.C15H19N3O.C15H18N2O/c1-20-11-7-5-10(6-8-11)15-9-13-12(16(17)19)3-2-4-14(13)18-15;16-10-6-4-9(5-7-10)14-8-12-11(15(17)19)2-1-3-13(12)18-14;16-15(18)11-7-4-8-13-12(11)9-14(17-13)10-5-2-1-3-6-10/h2-4,9-11,18H,5-8H2,1H3,(H2,17,19);1-3,8-10,18H,4-7,16H2,(H2,17,19);4,7-10,17H,1-3,5-6H2,(H2,16,18). The molecule has 3 fully saturated rings. The summed E-state index contributed by atoms with van der Waals surface area (Å²) in [5.41, 5.74) is 30.7. The molecule has 11 N–H and O–H groups in total. The van der Waals surface area contributed by atoms with Gasteiger partial charge in [0.25, 0.3) is 0 Å². The highest BCUT2D eigenvalue weighted by molar-refractivity contribution is 6.07. The summed E-state index contributed by atoms with van der Waals surface area (Å²) in [5.74, 6) is 0.565. The number of methoxy groups -OCH3 is 1. The largest absolute Gasteiger partial charge is 0.381 e. The highest BCUT2D eigenvalue weighted by atomic mass is 16.5. The van der Waals surface area contributed by atoms with Crippen molar-refractivity contribution in [3.8, 4) is 0 Å². The number of H-pyrrole nitrogens is 3. The molecule has 3 aromatic carbocycles. The summed E-state index contributed by atoms with van der Waals surface area (Å²) in [6.45, 7) is 0. The van der Waals surface area contributed by atoms with Crippen molar-refractivity contribution >= 4 is 50.4 Å². The third-order valence-corrected chi connectivity index (χ3v) is 12.6. The Morgan fingerprint density at radius 3 is 1.21 bits per heavy atom. The van der Waals surface area contributed by atoms with Crippen LogP contribution in [-0.4, -0.2) is 51.9 Å². The molecule has 0 spiro atoms. The number of aromatic amines is 3. The van der Waals surface area contributed by atoms with Gasteiger partial charge in [-0.25, -0.2) is 0 Å². The third kappa shape index (κ3) is 9.10. The Bertz CT molecular complexity index is 2330. The topological polar surface area (TPSA) is 212 Å². The Balaban J connectivity index is 0.000000131. The molecule has 3 saturated carbocycles. The maximum atomic E-state index is 11.5. The summed E-state index contributed by atoms with van der Waals surface area (Å²) < 4.78 is 5.41. The second kappa shape index (κ2) is 17.8. The summed E-state index contributed by atoms with van der Waals surface area (Å²) in [4.78, 5) is 44.6. The molecule has 0 bridgehead atoms. The fraction of sp³-hybridized carbons (Fsp3) is 0.413. The van der Waals surface area contributed by atoms with Crippen molar-refractivity contribution in [2.75, 3.05) is 7.11 Å². The Hall–Kier alpha value is -5.39. The number of primary amides is 3. The van der Waals surface area contributed by atoms with Crippen LogP contribution in [0.2, 0.25) is 0 Å². The molecule has 3 aliphatic rings. The number of rotatable bonds is 7. The van der Waals surface area contributed by atoms with Crippen molar-refractivity contribution in [3.63, 3.8) is 0 Å². The Morgan fingerprint density at radius 2 is 0.860 bits per heavy atom. The van der Waals surface area contributed by atoms with Crippen LogP contribution < -0.4 is 22.9 Å². The first-order chi connectivity index (χ1) is 27.6. The van der Waals surface area contributed by atoms with Gasteiger partial charge >= 0.3 is 0 Å². The monoisotopic (exact) mass is 771 g/mol. The van der Waals surface area contributed by atoms with Gasteiger partial charge in [0.05, 0.1) is 6.10 Å². The van der Waals surface area contributed by atoms with E-state index in [9.17, 15) is 14.4 Å². The molecule has 3 amide bonds. The van der Waals surface area contributed by atoms with Crippen molar-refractivity contribution in [1.29, 1.82) is 0 Å². The van der Waals surface area contributed by atoms with Crippen LogP contribution in [0.3, 0.4) is 0 Å². The molecule has 0 unspecified atom stereocenters. The van der Waals surface area contributed by atoms with Gasteiger partial charge in [-0.2, -0.15) is 0 Å². The molecule has 11 heteroatoms. The van der Waals surface area contributed by atoms with Crippen LogP contribution in [0, 0.1) is 0 Å². The summed E-state index contributed by atoms with van der Waals surface area (Å²) >= 11 is 0. The van der Waals surface area contributed by atoms with Gasteiger partial charge in [-0.1, -0.05) is 37.5 Å². The number of hydrogen-bond acceptors (Lipinski definition) is 5. The number of nitrogens with one attached hydrogen (secondary N) is 3. The molecule has 57 heavy (non-hydrogen) atoms. The molecule has 300 valence electrons. The maximum absolute atomic E-state index is 11.5. The van der Waals surface area contributed by atoms with Crippen LogP contribution in [-0.2, 0) is 4.74 Å². The molecule has 3 aliphatic carbocycles. The summed E-state index contributed by atoms with van der Waals surface area (Å²) in [5, 5.41) is 2.83. The average molecular weight is 772 g/mol. The van der Waals surface area contributed by atoms with E-state index in [0.717, 1.165) is 84.1 Å². The highest BCUT2D eigenvalue weighted by Gasteiger charge is 2.25. The van der Waals surface area contributed by atoms with Crippen LogP contribution in [0.5, 0.6) is 0 Å². The predicted molar refractivity (Wildman–Crippen MR) is 227 cm³/mol. The minimum absolute atomic E-state index is 0.349. The van der Waals surface area contributed by atoms with Crippen molar-refractivity contribution in [2.24, 2.45) is 22.9 Å². The molecular weight excluding hydrogens is 715 g/mol. The predicted octanol–water partition coefficient (Wildman–Crippen LogP) is 8.51. The zero-order valence-corrected chi connectivity index (χ0v) is 32.9. The highest BCUT2D eigenvalue weighted by Crippen LogP contribution is 2.37. The molecule has 0 atom stereocenters. The smallest absolute Gasteiger partial charge is 0.249 e. The van der Waals surface area contributed by atoms with E-state index in [-0.39, 0.29) is 17.7 Å². The lowest BCUT2D eigenvalue weighted by Crippen LogP contribution is -2.25. The SMILES string of the molecule is COC1CCC(c2cc3c(C(N)=O)cccc3[nH]2)CC1.NC(=O)c1cccc2[nH]c(C3CCC(N)CC3)cc12.NC(=O)c1cccc2[nH]c(C3CCCCC3)cc12. The van der Waals surface area contributed by atoms with Gasteiger partial charge in [-0.15, -0.1) is 0 Å². The average Bonchev–Trinajstić information content (AvgIpc) is 3.99. The number of carbonyl (C=O) groups excluding carboxylic acids is 3. The van der Waals surface area contributed by atoms with E-state index in [1.807, 2.05) is 36.4 Å². The normalized spacial score (nSPS) is 21.4. The van der Waals surface area contributed by atoms with E-state index in [1.165, 1.54) is 49.2 Å². The van der Waals surface area contributed by atoms with E-state index in [4.69, 9.17) is 27.7 Å². The number of amides is 3. The number of hydrogen-bond donors (Lipinski definition) is 7. The summed E-state index contributed by atoms with van der Waals surface area (Å²) in [6, 6.07) is 23.6. The third-order valence-electron chi connectivity index (χ3n) is 12.6. The van der Waals surface area contributed by atoms with Crippen molar-refractivity contribution in [2.45, 2.75) is 113 Å². The second-order valence-corrected chi connectivity index (χ2v) is 16.2. The minimum Gasteiger partial charge on any atom is -0.381 e. The van der Waals surface area contributed by atoms with E-state index in [2.05, 4.69) is 33.2 Å². The molecular formula is C46H57N7O4. The van der Waals surface area contributed by atoms with Crippen molar-refractivity contribution < 1.29 is 19.1 Å². The van der Waals surface area contributed by atoms with Gasteiger partial charge in [0, 0.05) is 79.6 Å². The first-order valence-corrected chi connectivity index (χ1v) is 20.6. The van der Waals surface area contributed by atoms with Crippen LogP contribution in [0.4, 0.5) is 0 Å². The number of fused-ring (bicyclic) bond motifs is 3. The summed E-state index contributed by atoms with van der Waals surface area (Å²) in [7, 11) is 1.78. The van der Waals surface area contributed by atoms with Gasteiger partial charge in [0.15, 0.2) is 0 Å². The minimum atomic E-state index is -0.373. The van der Waals surface area contributed by atoms with Crippen LogP contribution in [0.15, 0.2) is 72.8 Å². The lowest BCUT2D eigenvalue weighted by atomic mass is 9.84. The van der Waals surface area contributed by atoms with E-state index in [0.29, 0.717) is 46.6 Å². The van der Waals surface area contributed by atoms with Crippen LogP contribution in [0.25, 0.3) is 32.7 Å². The Labute approximate surface area is 333 Å². The molecule has 0 radical (unpaired) electrons. The van der Waals surface area contributed by atoms with Gasteiger partial charge in [0.2, 0.25) is 17.7 Å². The molecule has 11 nitrogen and oxygen atoms in total. The maximum Gasteiger partial charge on any atom is 0.249 e. The number of carbonyl (C=O) groups is 3. The van der Waals surface area contributed by atoms with Gasteiger partial charge in [-0.3, -0.25) is 14.4 Å². The quantitative estimate of drug-likeness (QED) is 0.0848. The zero-order valence-electron chi connectivity index (χ0n) is 32.9. The summed E-state index contributed by atoms with van der Waals surface area (Å²) in [6.07, 6.45) is 15.7. The molecule has 3 heterocycles. The van der Waals surface area contributed by atoms with E-state index >= 15 is 0 Å². The fourth-order valence-corrected chi connectivity index (χ4v) is 9.29. The lowest BCUT2D eigenvalue weighted by Gasteiger charge is -2.26. The number of nitrogens with two attached hydrogens (primary N) is 4. The molecule has 0 aliphatic heterocycles. The van der Waals surface area contributed by atoms with Crippen molar-refractivity contribution in [3.05, 3.63) is 107 Å². The molecule has 9 rings (SSSR count). The van der Waals surface area contributed by atoms with Crippen molar-refractivity contribution in [1.82, 2.24) is 15.0 Å². The molecule has 3 aromatic heterocycles. The van der Waals surface area contributed by atoms with Gasteiger partial charge < -0.3 is 42.6 Å². The molecule has 6 aromatic rings. The fourth-order valence-electron chi connectivity index (χ4n) is 9.29.